The molecule has 1 aromatic rings. The first-order chi connectivity index (χ1) is 7.02. The second kappa shape index (κ2) is 5.35. The minimum Gasteiger partial charge on any atom is -0.382 e. The molecule has 0 bridgehead atoms. The summed E-state index contributed by atoms with van der Waals surface area (Å²) in [6.07, 6.45) is 6.13. The first-order valence-corrected chi connectivity index (χ1v) is 5.29. The minimum atomic E-state index is 0.122. The van der Waals surface area contributed by atoms with Crippen LogP contribution in [0.5, 0.6) is 0 Å². The largest absolute Gasteiger partial charge is 0.382 e. The Morgan fingerprint density at radius 3 is 2.73 bits per heavy atom. The van der Waals surface area contributed by atoms with Gasteiger partial charge >= 0.3 is 0 Å². The van der Waals surface area contributed by atoms with E-state index in [1.807, 2.05) is 19.1 Å². The third-order valence-corrected chi connectivity index (χ3v) is 2.71. The van der Waals surface area contributed by atoms with Crippen molar-refractivity contribution in [1.82, 2.24) is 4.98 Å². The number of rotatable bonds is 3. The molecule has 0 saturated heterocycles. The molecule has 4 N–H and O–H groups in total. The smallest absolute Gasteiger partial charge is 0.143 e. The lowest BCUT2D eigenvalue weighted by atomic mass is 10.2. The average Bonchev–Trinajstić information content (AvgIpc) is 2.18. The van der Waals surface area contributed by atoms with Crippen molar-refractivity contribution in [2.75, 3.05) is 5.73 Å². The van der Waals surface area contributed by atoms with Crippen molar-refractivity contribution >= 4 is 35.1 Å². The predicted molar refractivity (Wildman–Crippen MR) is 66.0 cm³/mol. The Hall–Kier alpha value is -0.770. The van der Waals surface area contributed by atoms with Gasteiger partial charge in [-0.15, -0.1) is 0 Å². The molecular weight excluding hydrogens is 233 g/mol. The summed E-state index contributed by atoms with van der Waals surface area (Å²) in [5.74, 6) is 0.242. The van der Waals surface area contributed by atoms with Crippen LogP contribution >= 0.6 is 23.2 Å². The number of nitrogen functional groups attached to an aromatic ring is 1. The van der Waals surface area contributed by atoms with Crippen LogP contribution in [-0.2, 0) is 0 Å². The van der Waals surface area contributed by atoms with Crippen LogP contribution in [0.2, 0.25) is 10.0 Å². The second-order valence-corrected chi connectivity index (χ2v) is 4.10. The van der Waals surface area contributed by atoms with Gasteiger partial charge in [-0.3, -0.25) is 0 Å². The molecule has 3 nitrogen and oxygen atoms in total. The quantitative estimate of drug-likeness (QED) is 0.861. The van der Waals surface area contributed by atoms with Gasteiger partial charge in [0.25, 0.3) is 0 Å². The summed E-state index contributed by atoms with van der Waals surface area (Å²) in [6.45, 7) is 1.93. The molecule has 0 fully saturated rings. The predicted octanol–water partition coefficient (Wildman–Crippen LogP) is 2.72. The average molecular weight is 246 g/mol. The Morgan fingerprint density at radius 2 is 2.13 bits per heavy atom. The molecule has 0 radical (unpaired) electrons. The Bertz CT molecular complexity index is 375. The van der Waals surface area contributed by atoms with Crippen molar-refractivity contribution in [3.05, 3.63) is 27.9 Å². The first kappa shape index (κ1) is 12.3. The van der Waals surface area contributed by atoms with Crippen LogP contribution in [-0.4, -0.2) is 11.0 Å². The molecule has 0 aliphatic rings. The van der Waals surface area contributed by atoms with Crippen LogP contribution in [0.4, 0.5) is 5.82 Å². The third kappa shape index (κ3) is 3.38. The van der Waals surface area contributed by atoms with Gasteiger partial charge in [0, 0.05) is 17.8 Å². The summed E-state index contributed by atoms with van der Waals surface area (Å²) in [5, 5.41) is 0.713. The first-order valence-electron chi connectivity index (χ1n) is 4.54. The molecule has 0 aliphatic carbocycles. The van der Waals surface area contributed by atoms with E-state index >= 15 is 0 Å². The Balaban J connectivity index is 2.87. The van der Waals surface area contributed by atoms with Crippen molar-refractivity contribution in [3.63, 3.8) is 0 Å². The van der Waals surface area contributed by atoms with Crippen LogP contribution in [0.15, 0.2) is 12.3 Å². The number of pyridine rings is 1. The van der Waals surface area contributed by atoms with Crippen LogP contribution in [0, 0.1) is 0 Å². The van der Waals surface area contributed by atoms with Gasteiger partial charge in [0.2, 0.25) is 0 Å². The molecule has 82 valence electrons. The summed E-state index contributed by atoms with van der Waals surface area (Å²) >= 11 is 11.8. The van der Waals surface area contributed by atoms with Crippen LogP contribution in [0.3, 0.4) is 0 Å². The molecule has 1 aromatic heterocycles. The minimum absolute atomic E-state index is 0.122. The number of nitrogens with zero attached hydrogens (tertiary/aromatic N) is 1. The van der Waals surface area contributed by atoms with Gasteiger partial charge in [0.15, 0.2) is 0 Å². The molecule has 1 heterocycles. The van der Waals surface area contributed by atoms with Crippen LogP contribution in [0.25, 0.3) is 6.08 Å². The summed E-state index contributed by atoms with van der Waals surface area (Å²) in [5.41, 5.74) is 11.8. The molecule has 0 aromatic carbocycles. The Kier molecular flexibility index (Phi) is 4.39. The maximum absolute atomic E-state index is 5.98. The zero-order valence-corrected chi connectivity index (χ0v) is 9.89. The summed E-state index contributed by atoms with van der Waals surface area (Å²) < 4.78 is 0. The van der Waals surface area contributed by atoms with E-state index in [1.165, 1.54) is 0 Å². The number of hydrogen-bond acceptors (Lipinski definition) is 3. The zero-order valence-electron chi connectivity index (χ0n) is 8.37. The molecule has 0 unspecified atom stereocenters. The molecular formula is C10H13Cl2N3. The van der Waals surface area contributed by atoms with Crippen molar-refractivity contribution in [1.29, 1.82) is 0 Å². The van der Waals surface area contributed by atoms with Crippen LogP contribution in [0.1, 0.15) is 18.9 Å². The highest BCUT2D eigenvalue weighted by Crippen LogP contribution is 2.29. The topological polar surface area (TPSA) is 64.9 Å². The molecule has 0 amide bonds. The number of hydrogen-bond donors (Lipinski definition) is 2. The van der Waals surface area contributed by atoms with Crippen molar-refractivity contribution in [2.45, 2.75) is 19.4 Å². The van der Waals surface area contributed by atoms with E-state index in [0.29, 0.717) is 10.0 Å². The molecule has 1 atom stereocenters. The van der Waals surface area contributed by atoms with Crippen molar-refractivity contribution in [2.24, 2.45) is 5.73 Å². The van der Waals surface area contributed by atoms with Gasteiger partial charge < -0.3 is 11.5 Å². The fourth-order valence-electron chi connectivity index (χ4n) is 1.02. The van der Waals surface area contributed by atoms with Gasteiger partial charge in [-0.2, -0.15) is 0 Å². The van der Waals surface area contributed by atoms with Crippen LogP contribution < -0.4 is 11.5 Å². The Morgan fingerprint density at radius 1 is 1.47 bits per heavy atom. The van der Waals surface area contributed by atoms with Gasteiger partial charge in [-0.05, 0) is 13.3 Å². The van der Waals surface area contributed by atoms with Gasteiger partial charge in [-0.1, -0.05) is 35.4 Å². The SMILES string of the molecule is C[C@H](N)C/C=C/c1cnc(N)c(Cl)c1Cl. The number of nitrogens with two attached hydrogens (primary N) is 2. The fraction of sp³-hybridized carbons (Fsp3) is 0.300. The lowest BCUT2D eigenvalue weighted by molar-refractivity contribution is 0.759. The van der Waals surface area contributed by atoms with E-state index < -0.39 is 0 Å². The summed E-state index contributed by atoms with van der Waals surface area (Å²) in [4.78, 5) is 3.92. The van der Waals surface area contributed by atoms with E-state index in [1.54, 1.807) is 6.20 Å². The molecule has 0 spiro atoms. The van der Waals surface area contributed by atoms with Gasteiger partial charge in [0.1, 0.15) is 10.8 Å². The highest BCUT2D eigenvalue weighted by atomic mass is 35.5. The van der Waals surface area contributed by atoms with E-state index in [2.05, 4.69) is 4.98 Å². The van der Waals surface area contributed by atoms with Gasteiger partial charge in [0.05, 0.1) is 5.02 Å². The zero-order chi connectivity index (χ0) is 11.4. The molecule has 0 saturated carbocycles. The lowest BCUT2D eigenvalue weighted by Gasteiger charge is -2.03. The number of anilines is 1. The van der Waals surface area contributed by atoms with E-state index in [9.17, 15) is 0 Å². The highest BCUT2D eigenvalue weighted by Gasteiger charge is 2.06. The number of halogens is 2. The monoisotopic (exact) mass is 245 g/mol. The molecule has 5 heteroatoms. The normalized spacial score (nSPS) is 13.3. The highest BCUT2D eigenvalue weighted by molar-refractivity contribution is 6.44. The standard InChI is InChI=1S/C10H13Cl2N3/c1-6(13)3-2-4-7-5-15-10(14)9(12)8(7)11/h2,4-6H,3,13H2,1H3,(H2,14,15)/b4-2+/t6-/m0/s1. The molecule has 0 aliphatic heterocycles. The van der Waals surface area contributed by atoms with Gasteiger partial charge in [-0.25, -0.2) is 4.98 Å². The molecule has 15 heavy (non-hydrogen) atoms. The second-order valence-electron chi connectivity index (χ2n) is 3.34. The fourth-order valence-corrected chi connectivity index (χ4v) is 1.38. The van der Waals surface area contributed by atoms with E-state index in [4.69, 9.17) is 34.7 Å². The Labute approximate surface area is 99.1 Å². The summed E-state index contributed by atoms with van der Waals surface area (Å²) in [7, 11) is 0. The third-order valence-electron chi connectivity index (χ3n) is 1.82. The van der Waals surface area contributed by atoms with Crippen molar-refractivity contribution < 1.29 is 0 Å². The maximum Gasteiger partial charge on any atom is 0.143 e. The lowest BCUT2D eigenvalue weighted by Crippen LogP contribution is -2.12. The maximum atomic E-state index is 5.98. The summed E-state index contributed by atoms with van der Waals surface area (Å²) in [6, 6.07) is 0.122. The number of aromatic nitrogens is 1. The van der Waals surface area contributed by atoms with E-state index in [-0.39, 0.29) is 11.9 Å². The van der Waals surface area contributed by atoms with Crippen molar-refractivity contribution in [3.8, 4) is 0 Å². The van der Waals surface area contributed by atoms with E-state index in [0.717, 1.165) is 12.0 Å². The molecule has 1 rings (SSSR count).